The Labute approximate surface area is 132 Å². The molecule has 2 aromatic rings. The maximum Gasteiger partial charge on any atom is 0.419 e. The normalized spacial score (nSPS) is 18.4. The van der Waals surface area contributed by atoms with E-state index in [0.717, 1.165) is 12.8 Å². The first kappa shape index (κ1) is 15.3. The predicted molar refractivity (Wildman–Crippen MR) is 83.9 cm³/mol. The van der Waals surface area contributed by atoms with Gasteiger partial charge in [-0.3, -0.25) is 14.2 Å². The molecule has 0 saturated carbocycles. The van der Waals surface area contributed by atoms with Crippen LogP contribution in [0.1, 0.15) is 25.7 Å². The zero-order chi connectivity index (χ0) is 16.2. The summed E-state index contributed by atoms with van der Waals surface area (Å²) in [6.45, 7) is 0.873. The Balaban J connectivity index is 1.63. The first-order valence-electron chi connectivity index (χ1n) is 7.80. The van der Waals surface area contributed by atoms with Crippen molar-refractivity contribution >= 4 is 22.9 Å². The van der Waals surface area contributed by atoms with Gasteiger partial charge in [0.25, 0.3) is 0 Å². The second-order valence-corrected chi connectivity index (χ2v) is 5.64. The number of fused-ring (bicyclic) bond motifs is 1. The fourth-order valence-electron chi connectivity index (χ4n) is 2.78. The lowest BCUT2D eigenvalue weighted by molar-refractivity contribution is -0.128. The van der Waals surface area contributed by atoms with Gasteiger partial charge < -0.3 is 15.1 Å². The minimum atomic E-state index is -0.484. The van der Waals surface area contributed by atoms with Crippen LogP contribution in [0.3, 0.4) is 0 Å². The van der Waals surface area contributed by atoms with Gasteiger partial charge in [0.2, 0.25) is 11.8 Å². The molecule has 0 radical (unpaired) electrons. The molecule has 7 heteroatoms. The quantitative estimate of drug-likeness (QED) is 0.871. The van der Waals surface area contributed by atoms with Crippen LogP contribution in [0.15, 0.2) is 33.5 Å². The molecule has 0 bridgehead atoms. The van der Waals surface area contributed by atoms with Crippen LogP contribution in [0.25, 0.3) is 11.1 Å². The van der Waals surface area contributed by atoms with Gasteiger partial charge in [-0.1, -0.05) is 12.1 Å². The van der Waals surface area contributed by atoms with E-state index >= 15 is 0 Å². The molecule has 1 aromatic heterocycles. The third-order valence-electron chi connectivity index (χ3n) is 4.01. The second kappa shape index (κ2) is 6.68. The molecule has 1 saturated heterocycles. The van der Waals surface area contributed by atoms with Crippen molar-refractivity contribution < 1.29 is 14.0 Å². The monoisotopic (exact) mass is 317 g/mol. The smallest absolute Gasteiger partial charge is 0.408 e. The van der Waals surface area contributed by atoms with Gasteiger partial charge in [0, 0.05) is 19.5 Å². The summed E-state index contributed by atoms with van der Waals surface area (Å²) in [4.78, 5) is 35.7. The Kier molecular flexibility index (Phi) is 4.45. The second-order valence-electron chi connectivity index (χ2n) is 5.64. The zero-order valence-corrected chi connectivity index (χ0v) is 12.7. The van der Waals surface area contributed by atoms with Gasteiger partial charge in [-0.15, -0.1) is 0 Å². The number of aromatic nitrogens is 1. The molecule has 1 atom stereocenters. The van der Waals surface area contributed by atoms with Gasteiger partial charge in [0.05, 0.1) is 5.52 Å². The fraction of sp³-hybridized carbons (Fsp3) is 0.438. The van der Waals surface area contributed by atoms with Gasteiger partial charge in [0.15, 0.2) is 5.58 Å². The lowest BCUT2D eigenvalue weighted by Crippen LogP contribution is -2.45. The van der Waals surface area contributed by atoms with Crippen LogP contribution in [-0.4, -0.2) is 29.0 Å². The number of carbonyl (C=O) groups excluding carboxylic acids is 2. The average molecular weight is 317 g/mol. The summed E-state index contributed by atoms with van der Waals surface area (Å²) in [6.07, 6.45) is 2.59. The first-order valence-corrected chi connectivity index (χ1v) is 7.80. The number of oxazole rings is 1. The highest BCUT2D eigenvalue weighted by Gasteiger charge is 2.22. The highest BCUT2D eigenvalue weighted by Crippen LogP contribution is 2.12. The van der Waals surface area contributed by atoms with E-state index in [1.165, 1.54) is 4.57 Å². The van der Waals surface area contributed by atoms with E-state index in [9.17, 15) is 14.4 Å². The Bertz CT molecular complexity index is 777. The van der Waals surface area contributed by atoms with Crippen LogP contribution in [-0.2, 0) is 16.1 Å². The molecule has 2 amide bonds. The van der Waals surface area contributed by atoms with Crippen LogP contribution >= 0.6 is 0 Å². The van der Waals surface area contributed by atoms with Crippen molar-refractivity contribution in [1.29, 1.82) is 0 Å². The first-order chi connectivity index (χ1) is 11.1. The number of hydrogen-bond donors (Lipinski definition) is 2. The molecule has 1 unspecified atom stereocenters. The number of aryl methyl sites for hydroxylation is 1. The summed E-state index contributed by atoms with van der Waals surface area (Å²) >= 11 is 0. The Morgan fingerprint density at radius 1 is 1.30 bits per heavy atom. The molecule has 1 aliphatic rings. The van der Waals surface area contributed by atoms with Crippen LogP contribution < -0.4 is 16.4 Å². The molecular weight excluding hydrogens is 298 g/mol. The molecule has 7 nitrogen and oxygen atoms in total. The number of para-hydroxylation sites is 2. The molecule has 2 N–H and O–H groups in total. The molecule has 0 spiro atoms. The predicted octanol–water partition coefficient (Wildman–Crippen LogP) is 0.769. The minimum absolute atomic E-state index is 0.118. The summed E-state index contributed by atoms with van der Waals surface area (Å²) < 4.78 is 6.56. The van der Waals surface area contributed by atoms with Crippen LogP contribution in [0, 0.1) is 0 Å². The fourth-order valence-corrected chi connectivity index (χ4v) is 2.78. The number of nitrogens with zero attached hydrogens (tertiary/aromatic N) is 1. The molecular formula is C16H19N3O4. The SMILES string of the molecule is O=C(CCn1c(=O)oc2ccccc21)NC1CCCCNC1=O. The van der Waals surface area contributed by atoms with E-state index in [4.69, 9.17) is 4.42 Å². The van der Waals surface area contributed by atoms with Gasteiger partial charge >= 0.3 is 5.76 Å². The van der Waals surface area contributed by atoms with Gasteiger partial charge in [0.1, 0.15) is 6.04 Å². The third kappa shape index (κ3) is 3.44. The van der Waals surface area contributed by atoms with E-state index in [0.29, 0.717) is 24.1 Å². The largest absolute Gasteiger partial charge is 0.419 e. The Morgan fingerprint density at radius 2 is 2.13 bits per heavy atom. The lowest BCUT2D eigenvalue weighted by Gasteiger charge is -2.15. The van der Waals surface area contributed by atoms with Crippen molar-refractivity contribution in [3.63, 3.8) is 0 Å². The zero-order valence-electron chi connectivity index (χ0n) is 12.7. The number of amides is 2. The number of nitrogens with one attached hydrogen (secondary N) is 2. The molecule has 3 rings (SSSR count). The number of rotatable bonds is 4. The summed E-state index contributed by atoms with van der Waals surface area (Å²) in [5, 5.41) is 5.52. The van der Waals surface area contributed by atoms with Gasteiger partial charge in [-0.05, 0) is 31.4 Å². The van der Waals surface area contributed by atoms with Gasteiger partial charge in [-0.2, -0.15) is 0 Å². The summed E-state index contributed by atoms with van der Waals surface area (Å²) in [5.41, 5.74) is 1.17. The van der Waals surface area contributed by atoms with Crippen LogP contribution in [0.2, 0.25) is 0 Å². The van der Waals surface area contributed by atoms with E-state index in [1.54, 1.807) is 18.2 Å². The number of carbonyl (C=O) groups is 2. The maximum absolute atomic E-state index is 12.1. The Morgan fingerprint density at radius 3 is 3.00 bits per heavy atom. The molecule has 23 heavy (non-hydrogen) atoms. The van der Waals surface area contributed by atoms with Crippen molar-refractivity contribution in [2.45, 2.75) is 38.3 Å². The highest BCUT2D eigenvalue weighted by atomic mass is 16.4. The molecule has 2 heterocycles. The lowest BCUT2D eigenvalue weighted by atomic mass is 10.1. The Hall–Kier alpha value is -2.57. The average Bonchev–Trinajstić information content (AvgIpc) is 2.72. The van der Waals surface area contributed by atoms with Crippen molar-refractivity contribution in [1.82, 2.24) is 15.2 Å². The van der Waals surface area contributed by atoms with E-state index in [2.05, 4.69) is 10.6 Å². The van der Waals surface area contributed by atoms with Crippen molar-refractivity contribution in [3.8, 4) is 0 Å². The number of hydrogen-bond acceptors (Lipinski definition) is 4. The molecule has 122 valence electrons. The summed E-state index contributed by atoms with van der Waals surface area (Å²) in [7, 11) is 0. The molecule has 0 aliphatic carbocycles. The van der Waals surface area contributed by atoms with E-state index in [-0.39, 0.29) is 24.8 Å². The van der Waals surface area contributed by atoms with E-state index in [1.807, 2.05) is 6.07 Å². The molecule has 1 fully saturated rings. The van der Waals surface area contributed by atoms with Crippen molar-refractivity contribution in [2.75, 3.05) is 6.54 Å². The maximum atomic E-state index is 12.1. The van der Waals surface area contributed by atoms with E-state index < -0.39 is 11.8 Å². The topological polar surface area (TPSA) is 93.3 Å². The third-order valence-corrected chi connectivity index (χ3v) is 4.01. The minimum Gasteiger partial charge on any atom is -0.408 e. The summed E-state index contributed by atoms with van der Waals surface area (Å²) in [6, 6.07) is 6.60. The van der Waals surface area contributed by atoms with Crippen molar-refractivity contribution in [3.05, 3.63) is 34.8 Å². The summed E-state index contributed by atoms with van der Waals surface area (Å²) in [5.74, 6) is -0.864. The van der Waals surface area contributed by atoms with Crippen molar-refractivity contribution in [2.24, 2.45) is 0 Å². The highest BCUT2D eigenvalue weighted by molar-refractivity contribution is 5.87. The van der Waals surface area contributed by atoms with Crippen LogP contribution in [0.5, 0.6) is 0 Å². The van der Waals surface area contributed by atoms with Crippen LogP contribution in [0.4, 0.5) is 0 Å². The molecule has 1 aromatic carbocycles. The number of benzene rings is 1. The molecule has 1 aliphatic heterocycles. The standard InChI is InChI=1S/C16H19N3O4/c20-14(18-11-5-3-4-9-17-15(11)21)8-10-19-12-6-1-2-7-13(12)23-16(19)22/h1-2,6-7,11H,3-5,8-10H2,(H,17,21)(H,18,20). The van der Waals surface area contributed by atoms with Gasteiger partial charge in [-0.25, -0.2) is 4.79 Å².